The fraction of sp³-hybridized carbons (Fsp3) is 0.944. The van der Waals surface area contributed by atoms with E-state index in [9.17, 15) is 4.79 Å². The van der Waals surface area contributed by atoms with Crippen LogP contribution in [0.25, 0.3) is 0 Å². The van der Waals surface area contributed by atoms with Crippen molar-refractivity contribution in [2.24, 2.45) is 29.1 Å². The molecule has 1 atom stereocenters. The quantitative estimate of drug-likeness (QED) is 0.836. The van der Waals surface area contributed by atoms with Gasteiger partial charge in [0.1, 0.15) is 0 Å². The van der Waals surface area contributed by atoms with Gasteiger partial charge in [-0.3, -0.25) is 4.79 Å². The van der Waals surface area contributed by atoms with E-state index in [-0.39, 0.29) is 5.41 Å². The molecule has 4 bridgehead atoms. The highest BCUT2D eigenvalue weighted by molar-refractivity contribution is 5.83. The standard InChI is InChI=1S/C18H30N2O/c1-2-3-18(4-5-19-11-18)17(21)20-16-14-7-12-6-13(9-14)10-15(16)8-12/h12-16,19H,2-11H2,1H3,(H,20,21). The monoisotopic (exact) mass is 290 g/mol. The van der Waals surface area contributed by atoms with Gasteiger partial charge < -0.3 is 10.6 Å². The van der Waals surface area contributed by atoms with E-state index in [0.29, 0.717) is 11.9 Å². The molecule has 1 unspecified atom stereocenters. The second-order valence-electron chi connectivity index (χ2n) is 8.39. The van der Waals surface area contributed by atoms with Crippen LogP contribution in [0.5, 0.6) is 0 Å². The number of carbonyl (C=O) groups excluding carboxylic acids is 1. The predicted octanol–water partition coefficient (Wildman–Crippen LogP) is 2.71. The molecule has 0 aromatic carbocycles. The van der Waals surface area contributed by atoms with Crippen LogP contribution in [-0.4, -0.2) is 25.0 Å². The maximum absolute atomic E-state index is 13.0. The molecule has 1 saturated heterocycles. The summed E-state index contributed by atoms with van der Waals surface area (Å²) in [5.74, 6) is 3.92. The summed E-state index contributed by atoms with van der Waals surface area (Å²) in [5.41, 5.74) is -0.108. The van der Waals surface area contributed by atoms with E-state index in [1.165, 1.54) is 32.1 Å². The molecule has 0 aromatic heterocycles. The lowest BCUT2D eigenvalue weighted by Crippen LogP contribution is -2.58. The van der Waals surface area contributed by atoms with Crippen molar-refractivity contribution in [1.82, 2.24) is 10.6 Å². The normalized spacial score (nSPS) is 47.8. The van der Waals surface area contributed by atoms with E-state index in [2.05, 4.69) is 17.6 Å². The zero-order valence-corrected chi connectivity index (χ0v) is 13.4. The average molecular weight is 290 g/mol. The van der Waals surface area contributed by atoms with Crippen LogP contribution in [0.4, 0.5) is 0 Å². The fourth-order valence-electron chi connectivity index (χ4n) is 6.21. The Morgan fingerprint density at radius 3 is 2.33 bits per heavy atom. The van der Waals surface area contributed by atoms with Crippen molar-refractivity contribution in [3.63, 3.8) is 0 Å². The van der Waals surface area contributed by atoms with Crippen LogP contribution in [0, 0.1) is 29.1 Å². The van der Waals surface area contributed by atoms with Gasteiger partial charge in [0.15, 0.2) is 0 Å². The summed E-state index contributed by atoms with van der Waals surface area (Å²) in [6.07, 6.45) is 10.2. The molecule has 1 heterocycles. The summed E-state index contributed by atoms with van der Waals surface area (Å²) < 4.78 is 0. The Morgan fingerprint density at radius 2 is 1.81 bits per heavy atom. The van der Waals surface area contributed by atoms with Gasteiger partial charge in [-0.1, -0.05) is 13.3 Å². The van der Waals surface area contributed by atoms with E-state index >= 15 is 0 Å². The number of rotatable bonds is 4. The highest BCUT2D eigenvalue weighted by Crippen LogP contribution is 2.53. The van der Waals surface area contributed by atoms with Crippen molar-refractivity contribution in [1.29, 1.82) is 0 Å². The first-order chi connectivity index (χ1) is 10.2. The Labute approximate surface area is 128 Å². The summed E-state index contributed by atoms with van der Waals surface area (Å²) >= 11 is 0. The van der Waals surface area contributed by atoms with Gasteiger partial charge in [-0.2, -0.15) is 0 Å². The van der Waals surface area contributed by atoms with Crippen LogP contribution in [0.15, 0.2) is 0 Å². The first-order valence-corrected chi connectivity index (χ1v) is 9.22. The Kier molecular flexibility index (Phi) is 3.52. The van der Waals surface area contributed by atoms with Crippen molar-refractivity contribution in [2.45, 2.75) is 64.3 Å². The summed E-state index contributed by atoms with van der Waals surface area (Å²) in [5, 5.41) is 6.97. The molecule has 3 heteroatoms. The fourth-order valence-corrected chi connectivity index (χ4v) is 6.21. The van der Waals surface area contributed by atoms with E-state index in [4.69, 9.17) is 0 Å². The molecule has 1 aliphatic heterocycles. The molecule has 1 amide bonds. The number of carbonyl (C=O) groups is 1. The van der Waals surface area contributed by atoms with Gasteiger partial charge in [-0.25, -0.2) is 0 Å². The summed E-state index contributed by atoms with van der Waals surface area (Å²) in [6, 6.07) is 0.500. The first kappa shape index (κ1) is 14.0. The molecular weight excluding hydrogens is 260 g/mol. The Morgan fingerprint density at radius 1 is 1.14 bits per heavy atom. The SMILES string of the molecule is CCCC1(C(=O)NC2C3CC4CC(C3)CC2C4)CCNC1. The third-order valence-corrected chi connectivity index (χ3v) is 6.98. The maximum Gasteiger partial charge on any atom is 0.227 e. The summed E-state index contributed by atoms with van der Waals surface area (Å²) in [4.78, 5) is 13.0. The van der Waals surface area contributed by atoms with Crippen LogP contribution in [0.2, 0.25) is 0 Å². The molecule has 4 aliphatic carbocycles. The molecule has 3 nitrogen and oxygen atoms in total. The van der Waals surface area contributed by atoms with Crippen LogP contribution >= 0.6 is 0 Å². The zero-order chi connectivity index (χ0) is 14.4. The van der Waals surface area contributed by atoms with E-state index in [1.54, 1.807) is 0 Å². The highest BCUT2D eigenvalue weighted by Gasteiger charge is 2.50. The number of hydrogen-bond donors (Lipinski definition) is 2. The summed E-state index contributed by atoms with van der Waals surface area (Å²) in [7, 11) is 0. The van der Waals surface area contributed by atoms with Gasteiger partial charge in [0.25, 0.3) is 0 Å². The van der Waals surface area contributed by atoms with Crippen molar-refractivity contribution < 1.29 is 4.79 Å². The van der Waals surface area contributed by atoms with Gasteiger partial charge in [-0.05, 0) is 75.2 Å². The van der Waals surface area contributed by atoms with Crippen molar-refractivity contribution in [3.05, 3.63) is 0 Å². The summed E-state index contributed by atoms with van der Waals surface area (Å²) in [6.45, 7) is 4.10. The Bertz CT molecular complexity index is 385. The molecule has 5 aliphatic rings. The average Bonchev–Trinajstić information content (AvgIpc) is 2.92. The van der Waals surface area contributed by atoms with Gasteiger partial charge in [0.05, 0.1) is 5.41 Å². The molecule has 5 rings (SSSR count). The molecule has 0 radical (unpaired) electrons. The minimum atomic E-state index is -0.108. The van der Waals surface area contributed by atoms with Gasteiger partial charge in [-0.15, -0.1) is 0 Å². The zero-order valence-electron chi connectivity index (χ0n) is 13.4. The number of nitrogens with one attached hydrogen (secondary N) is 2. The van der Waals surface area contributed by atoms with E-state index in [1.807, 2.05) is 0 Å². The second kappa shape index (κ2) is 5.26. The lowest BCUT2D eigenvalue weighted by Gasteiger charge is -2.54. The minimum Gasteiger partial charge on any atom is -0.352 e. The van der Waals surface area contributed by atoms with Gasteiger partial charge in [0, 0.05) is 12.6 Å². The third kappa shape index (κ3) is 2.32. The predicted molar refractivity (Wildman–Crippen MR) is 83.8 cm³/mol. The molecule has 4 saturated carbocycles. The molecule has 0 aromatic rings. The lowest BCUT2D eigenvalue weighted by atomic mass is 9.54. The first-order valence-electron chi connectivity index (χ1n) is 9.22. The van der Waals surface area contributed by atoms with Crippen LogP contribution in [0.1, 0.15) is 58.3 Å². The van der Waals surface area contributed by atoms with Crippen molar-refractivity contribution in [3.8, 4) is 0 Å². The highest BCUT2D eigenvalue weighted by atomic mass is 16.2. The van der Waals surface area contributed by atoms with Crippen LogP contribution in [-0.2, 0) is 4.79 Å². The van der Waals surface area contributed by atoms with Crippen molar-refractivity contribution >= 4 is 5.91 Å². The Balaban J connectivity index is 1.46. The van der Waals surface area contributed by atoms with Gasteiger partial charge in [0.2, 0.25) is 5.91 Å². The van der Waals surface area contributed by atoms with Crippen LogP contribution < -0.4 is 10.6 Å². The largest absolute Gasteiger partial charge is 0.352 e. The topological polar surface area (TPSA) is 41.1 Å². The molecular formula is C18H30N2O. The maximum atomic E-state index is 13.0. The smallest absolute Gasteiger partial charge is 0.227 e. The molecule has 5 fully saturated rings. The Hall–Kier alpha value is -0.570. The third-order valence-electron chi connectivity index (χ3n) is 6.98. The molecule has 0 spiro atoms. The number of amides is 1. The molecule has 118 valence electrons. The van der Waals surface area contributed by atoms with Crippen LogP contribution in [0.3, 0.4) is 0 Å². The van der Waals surface area contributed by atoms with Crippen molar-refractivity contribution in [2.75, 3.05) is 13.1 Å². The van der Waals surface area contributed by atoms with E-state index < -0.39 is 0 Å². The second-order valence-corrected chi connectivity index (χ2v) is 8.39. The molecule has 21 heavy (non-hydrogen) atoms. The number of hydrogen-bond acceptors (Lipinski definition) is 2. The van der Waals surface area contributed by atoms with E-state index in [0.717, 1.165) is 56.0 Å². The lowest BCUT2D eigenvalue weighted by molar-refractivity contribution is -0.134. The molecule has 2 N–H and O–H groups in total. The minimum absolute atomic E-state index is 0.108. The van der Waals surface area contributed by atoms with Gasteiger partial charge >= 0.3 is 0 Å².